The van der Waals surface area contributed by atoms with Crippen molar-refractivity contribution in [2.45, 2.75) is 19.4 Å². The van der Waals surface area contributed by atoms with Crippen molar-refractivity contribution in [2.24, 2.45) is 0 Å². The average Bonchev–Trinajstić information content (AvgIpc) is 2.37. The van der Waals surface area contributed by atoms with E-state index in [-0.39, 0.29) is 25.0 Å². The van der Waals surface area contributed by atoms with Crippen LogP contribution in [0.15, 0.2) is 43.0 Å². The van der Waals surface area contributed by atoms with Crippen LogP contribution in [0.1, 0.15) is 24.9 Å². The van der Waals surface area contributed by atoms with Gasteiger partial charge in [0.25, 0.3) is 0 Å². The lowest BCUT2D eigenvalue weighted by atomic mass is 10.1. The summed E-state index contributed by atoms with van der Waals surface area (Å²) in [4.78, 5) is 22.8. The predicted molar refractivity (Wildman–Crippen MR) is 68.8 cm³/mol. The normalized spacial score (nSPS) is 11.4. The Hall–Kier alpha value is -2.10. The Morgan fingerprint density at radius 2 is 2.06 bits per heavy atom. The van der Waals surface area contributed by atoms with Crippen LogP contribution in [-0.4, -0.2) is 18.5 Å². The average molecular weight is 247 g/mol. The fourth-order valence-electron chi connectivity index (χ4n) is 1.45. The van der Waals surface area contributed by atoms with E-state index < -0.39 is 5.97 Å². The molecule has 1 amide bonds. The quantitative estimate of drug-likeness (QED) is 0.475. The lowest BCUT2D eigenvalue weighted by Gasteiger charge is -2.13. The molecule has 4 heteroatoms. The number of esters is 1. The number of hydrogen-bond donors (Lipinski definition) is 1. The molecule has 0 heterocycles. The Balaban J connectivity index is 2.40. The molecule has 0 unspecified atom stereocenters. The van der Waals surface area contributed by atoms with Gasteiger partial charge < -0.3 is 10.1 Å². The maximum atomic E-state index is 11.6. The molecular weight excluding hydrogens is 230 g/mol. The summed E-state index contributed by atoms with van der Waals surface area (Å²) >= 11 is 0. The van der Waals surface area contributed by atoms with Crippen LogP contribution in [0.25, 0.3) is 0 Å². The lowest BCUT2D eigenvalue weighted by Crippen LogP contribution is -2.29. The predicted octanol–water partition coefficient (Wildman–Crippen LogP) is 1.98. The molecule has 0 fully saturated rings. The van der Waals surface area contributed by atoms with Gasteiger partial charge in [0.05, 0.1) is 6.04 Å². The van der Waals surface area contributed by atoms with E-state index in [2.05, 4.69) is 11.9 Å². The molecule has 1 aromatic carbocycles. The van der Waals surface area contributed by atoms with Crippen LogP contribution in [0.3, 0.4) is 0 Å². The minimum atomic E-state index is -0.548. The zero-order valence-corrected chi connectivity index (χ0v) is 10.4. The number of hydrogen-bond acceptors (Lipinski definition) is 3. The van der Waals surface area contributed by atoms with Gasteiger partial charge in [-0.25, -0.2) is 0 Å². The van der Waals surface area contributed by atoms with Crippen LogP contribution < -0.4 is 5.32 Å². The summed E-state index contributed by atoms with van der Waals surface area (Å²) < 4.78 is 4.73. The summed E-state index contributed by atoms with van der Waals surface area (Å²) in [5.74, 6) is -0.895. The van der Waals surface area contributed by atoms with Gasteiger partial charge in [0.15, 0.2) is 0 Å². The highest BCUT2D eigenvalue weighted by atomic mass is 16.5. The molecule has 0 aliphatic heterocycles. The molecular formula is C14H17NO3. The lowest BCUT2D eigenvalue weighted by molar-refractivity contribution is -0.145. The van der Waals surface area contributed by atoms with Crippen molar-refractivity contribution >= 4 is 11.9 Å². The molecule has 0 saturated heterocycles. The van der Waals surface area contributed by atoms with Gasteiger partial charge in [-0.15, -0.1) is 0 Å². The van der Waals surface area contributed by atoms with Gasteiger partial charge in [0.2, 0.25) is 5.91 Å². The first-order chi connectivity index (χ1) is 8.63. The Morgan fingerprint density at radius 3 is 2.67 bits per heavy atom. The zero-order valence-electron chi connectivity index (χ0n) is 10.4. The molecule has 0 aromatic heterocycles. The number of rotatable bonds is 6. The molecule has 96 valence electrons. The van der Waals surface area contributed by atoms with Gasteiger partial charge in [0.1, 0.15) is 13.0 Å². The topological polar surface area (TPSA) is 55.4 Å². The molecule has 18 heavy (non-hydrogen) atoms. The van der Waals surface area contributed by atoms with Crippen LogP contribution in [-0.2, 0) is 14.3 Å². The zero-order chi connectivity index (χ0) is 13.4. The molecule has 1 atom stereocenters. The second-order valence-electron chi connectivity index (χ2n) is 3.85. The number of ether oxygens (including phenoxy) is 1. The molecule has 0 spiro atoms. The van der Waals surface area contributed by atoms with Crippen molar-refractivity contribution in [1.29, 1.82) is 0 Å². The molecule has 0 radical (unpaired) electrons. The summed E-state index contributed by atoms with van der Waals surface area (Å²) in [5, 5.41) is 2.74. The van der Waals surface area contributed by atoms with Crippen molar-refractivity contribution in [1.82, 2.24) is 5.32 Å². The van der Waals surface area contributed by atoms with Gasteiger partial charge in [0, 0.05) is 0 Å². The highest BCUT2D eigenvalue weighted by Gasteiger charge is 2.13. The maximum Gasteiger partial charge on any atom is 0.315 e. The fourth-order valence-corrected chi connectivity index (χ4v) is 1.45. The first-order valence-electron chi connectivity index (χ1n) is 5.74. The van der Waals surface area contributed by atoms with E-state index in [0.717, 1.165) is 5.56 Å². The first-order valence-corrected chi connectivity index (χ1v) is 5.74. The Bertz CT molecular complexity index is 414. The first kappa shape index (κ1) is 14.0. The molecule has 1 aromatic rings. The standard InChI is InChI=1S/C14H17NO3/c1-3-9-18-14(17)10-13(16)15-11(2)12-7-5-4-6-8-12/h3-8,11H,1,9-10H2,2H3,(H,15,16)/t11-/m0/s1. The van der Waals surface area contributed by atoms with E-state index in [0.29, 0.717) is 0 Å². The van der Waals surface area contributed by atoms with Crippen LogP contribution >= 0.6 is 0 Å². The Labute approximate surface area is 107 Å². The molecule has 0 aliphatic carbocycles. The number of benzene rings is 1. The number of carbonyl (C=O) groups is 2. The van der Waals surface area contributed by atoms with Crippen LogP contribution in [0.4, 0.5) is 0 Å². The largest absolute Gasteiger partial charge is 0.461 e. The van der Waals surface area contributed by atoms with E-state index in [4.69, 9.17) is 4.74 Å². The number of carbonyl (C=O) groups excluding carboxylic acids is 2. The van der Waals surface area contributed by atoms with E-state index in [1.165, 1.54) is 6.08 Å². The second kappa shape index (κ2) is 7.27. The SMILES string of the molecule is C=CCOC(=O)CC(=O)N[C@@H](C)c1ccccc1. The van der Waals surface area contributed by atoms with Gasteiger partial charge >= 0.3 is 5.97 Å². The van der Waals surface area contributed by atoms with Gasteiger partial charge in [-0.3, -0.25) is 9.59 Å². The van der Waals surface area contributed by atoms with Crippen molar-refractivity contribution < 1.29 is 14.3 Å². The monoisotopic (exact) mass is 247 g/mol. The highest BCUT2D eigenvalue weighted by Crippen LogP contribution is 2.11. The smallest absolute Gasteiger partial charge is 0.315 e. The van der Waals surface area contributed by atoms with E-state index in [1.807, 2.05) is 37.3 Å². The van der Waals surface area contributed by atoms with Crippen molar-refractivity contribution in [2.75, 3.05) is 6.61 Å². The second-order valence-corrected chi connectivity index (χ2v) is 3.85. The number of amides is 1. The van der Waals surface area contributed by atoms with E-state index >= 15 is 0 Å². The van der Waals surface area contributed by atoms with Gasteiger partial charge in [-0.05, 0) is 12.5 Å². The van der Waals surface area contributed by atoms with Gasteiger partial charge in [-0.1, -0.05) is 43.0 Å². The summed E-state index contributed by atoms with van der Waals surface area (Å²) in [6.07, 6.45) is 1.19. The van der Waals surface area contributed by atoms with Crippen molar-refractivity contribution in [3.8, 4) is 0 Å². The number of nitrogens with one attached hydrogen (secondary N) is 1. The summed E-state index contributed by atoms with van der Waals surface area (Å²) in [7, 11) is 0. The molecule has 0 bridgehead atoms. The van der Waals surface area contributed by atoms with Gasteiger partial charge in [-0.2, -0.15) is 0 Å². The van der Waals surface area contributed by atoms with Crippen molar-refractivity contribution in [3.05, 3.63) is 48.6 Å². The van der Waals surface area contributed by atoms with Crippen LogP contribution in [0, 0.1) is 0 Å². The third-order valence-corrected chi connectivity index (χ3v) is 2.34. The Kier molecular flexibility index (Phi) is 5.64. The third kappa shape index (κ3) is 4.82. The minimum absolute atomic E-state index is 0.125. The summed E-state index contributed by atoms with van der Waals surface area (Å²) in [6.45, 7) is 5.41. The van der Waals surface area contributed by atoms with Crippen LogP contribution in [0.2, 0.25) is 0 Å². The van der Waals surface area contributed by atoms with E-state index in [9.17, 15) is 9.59 Å². The maximum absolute atomic E-state index is 11.6. The molecule has 1 N–H and O–H groups in total. The highest BCUT2D eigenvalue weighted by molar-refractivity contribution is 5.94. The molecule has 0 saturated carbocycles. The molecule has 0 aliphatic rings. The molecule has 1 rings (SSSR count). The fraction of sp³-hybridized carbons (Fsp3) is 0.286. The summed E-state index contributed by atoms with van der Waals surface area (Å²) in [5.41, 5.74) is 0.991. The van der Waals surface area contributed by atoms with Crippen molar-refractivity contribution in [3.63, 3.8) is 0 Å². The third-order valence-electron chi connectivity index (χ3n) is 2.34. The van der Waals surface area contributed by atoms with Crippen LogP contribution in [0.5, 0.6) is 0 Å². The Morgan fingerprint density at radius 1 is 1.39 bits per heavy atom. The summed E-state index contributed by atoms with van der Waals surface area (Å²) in [6, 6.07) is 9.41. The van der Waals surface area contributed by atoms with E-state index in [1.54, 1.807) is 0 Å². The molecule has 4 nitrogen and oxygen atoms in total. The minimum Gasteiger partial charge on any atom is -0.461 e.